The van der Waals surface area contributed by atoms with E-state index in [1.807, 2.05) is 72.5 Å². The standard InChI is InChI=1S/C38H44N6O3S/c1-4-19-40-35(43-21-9-10-22-43)28(3)36(45)42-31-16-14-29(15-17-31)38(47)44-23-18-27(2)24-34(48-26-30-11-5-6-13-33(30)44)37(46)41-25-32-12-7-8-20-39-32/h4-8,11-17,19-20,24,27,36,42,45H,1,9-10,18,21-23,25-26H2,2-3H3,(H,41,46)/b34-24-,35-28-,40-19-. The fraction of sp³-hybridized carbons (Fsp3) is 0.316. The summed E-state index contributed by atoms with van der Waals surface area (Å²) in [5, 5.41) is 17.2. The lowest BCUT2D eigenvalue weighted by Crippen LogP contribution is -2.34. The van der Waals surface area contributed by atoms with Crippen LogP contribution in [0.15, 0.2) is 113 Å². The second-order valence-corrected chi connectivity index (χ2v) is 13.0. The molecule has 3 heterocycles. The van der Waals surface area contributed by atoms with Crippen LogP contribution in [0.4, 0.5) is 11.4 Å². The first-order chi connectivity index (χ1) is 23.3. The first kappa shape index (κ1) is 34.7. The van der Waals surface area contributed by atoms with E-state index >= 15 is 0 Å². The number of para-hydroxylation sites is 1. The highest BCUT2D eigenvalue weighted by atomic mass is 32.2. The molecule has 1 fully saturated rings. The van der Waals surface area contributed by atoms with Crippen molar-refractivity contribution in [2.75, 3.05) is 29.9 Å². The minimum absolute atomic E-state index is 0.0688. The van der Waals surface area contributed by atoms with Crippen LogP contribution in [0.25, 0.3) is 0 Å². The van der Waals surface area contributed by atoms with E-state index in [9.17, 15) is 14.7 Å². The normalized spacial score (nSPS) is 19.1. The third-order valence-corrected chi connectivity index (χ3v) is 9.53. The fourth-order valence-corrected chi connectivity index (χ4v) is 6.83. The Morgan fingerprint density at radius 3 is 2.56 bits per heavy atom. The van der Waals surface area contributed by atoms with E-state index in [0.717, 1.165) is 48.7 Å². The summed E-state index contributed by atoms with van der Waals surface area (Å²) in [6.45, 7) is 10.3. The maximum absolute atomic E-state index is 14.0. The number of allylic oxidation sites excluding steroid dienone is 2. The number of aromatic nitrogens is 1. The predicted molar refractivity (Wildman–Crippen MR) is 196 cm³/mol. The molecule has 0 aliphatic carbocycles. The Balaban J connectivity index is 1.29. The summed E-state index contributed by atoms with van der Waals surface area (Å²) in [4.78, 5) is 40.8. The molecule has 48 heavy (non-hydrogen) atoms. The average molecular weight is 665 g/mol. The number of thioether (sulfide) groups is 1. The molecular formula is C38H44N6O3S. The fourth-order valence-electron chi connectivity index (χ4n) is 5.75. The van der Waals surface area contributed by atoms with E-state index in [1.165, 1.54) is 11.8 Å². The number of carbonyl (C=O) groups excluding carboxylic acids is 2. The van der Waals surface area contributed by atoms with Gasteiger partial charge in [-0.3, -0.25) is 14.6 Å². The number of carbonyl (C=O) groups is 2. The molecule has 0 spiro atoms. The molecule has 2 atom stereocenters. The number of nitrogens with one attached hydrogen (secondary N) is 2. The van der Waals surface area contributed by atoms with Gasteiger partial charge in [-0.05, 0) is 80.1 Å². The lowest BCUT2D eigenvalue weighted by molar-refractivity contribution is -0.117. The molecule has 5 rings (SSSR count). The van der Waals surface area contributed by atoms with Gasteiger partial charge in [0.2, 0.25) is 0 Å². The second kappa shape index (κ2) is 16.9. The molecule has 0 saturated carbocycles. The summed E-state index contributed by atoms with van der Waals surface area (Å²) in [6.07, 6.45) is 8.93. The van der Waals surface area contributed by atoms with Crippen molar-refractivity contribution in [3.8, 4) is 0 Å². The van der Waals surface area contributed by atoms with E-state index in [-0.39, 0.29) is 17.7 Å². The first-order valence-corrected chi connectivity index (χ1v) is 17.4. The Labute approximate surface area is 287 Å². The van der Waals surface area contributed by atoms with Gasteiger partial charge in [-0.15, -0.1) is 11.8 Å². The van der Waals surface area contributed by atoms with E-state index in [4.69, 9.17) is 0 Å². The van der Waals surface area contributed by atoms with Gasteiger partial charge in [0.05, 0.1) is 17.1 Å². The number of aliphatic hydroxyl groups excluding tert-OH is 1. The number of benzene rings is 2. The number of anilines is 2. The quantitative estimate of drug-likeness (QED) is 0.167. The molecule has 0 bridgehead atoms. The molecule has 3 aromatic rings. The molecule has 2 unspecified atom stereocenters. The number of nitrogens with zero attached hydrogens (tertiary/aromatic N) is 4. The van der Waals surface area contributed by atoms with Crippen molar-refractivity contribution in [3.63, 3.8) is 0 Å². The van der Waals surface area contributed by atoms with Crippen molar-refractivity contribution in [1.82, 2.24) is 15.2 Å². The van der Waals surface area contributed by atoms with Crippen LogP contribution >= 0.6 is 11.8 Å². The highest BCUT2D eigenvalue weighted by Crippen LogP contribution is 2.32. The number of aliphatic imine (C=N–C) groups is 1. The summed E-state index contributed by atoms with van der Waals surface area (Å²) >= 11 is 1.48. The topological polar surface area (TPSA) is 110 Å². The van der Waals surface area contributed by atoms with E-state index < -0.39 is 6.23 Å². The lowest BCUT2D eigenvalue weighted by atomic mass is 10.0. The summed E-state index contributed by atoms with van der Waals surface area (Å²) in [7, 11) is 0. The Morgan fingerprint density at radius 2 is 1.83 bits per heavy atom. The van der Waals surface area contributed by atoms with Crippen LogP contribution in [0.2, 0.25) is 0 Å². The lowest BCUT2D eigenvalue weighted by Gasteiger charge is -2.28. The molecule has 2 aliphatic heterocycles. The van der Waals surface area contributed by atoms with Gasteiger partial charge in [-0.25, -0.2) is 4.99 Å². The highest BCUT2D eigenvalue weighted by molar-refractivity contribution is 8.03. The summed E-state index contributed by atoms with van der Waals surface area (Å²) in [6, 6.07) is 20.7. The van der Waals surface area contributed by atoms with E-state index in [0.29, 0.717) is 47.0 Å². The van der Waals surface area contributed by atoms with E-state index in [1.54, 1.807) is 30.6 Å². The van der Waals surface area contributed by atoms with Crippen LogP contribution < -0.4 is 15.5 Å². The van der Waals surface area contributed by atoms with Gasteiger partial charge in [0.15, 0.2) is 0 Å². The van der Waals surface area contributed by atoms with Gasteiger partial charge < -0.3 is 25.5 Å². The van der Waals surface area contributed by atoms with Gasteiger partial charge in [0.25, 0.3) is 11.8 Å². The van der Waals surface area contributed by atoms with Crippen LogP contribution in [0.3, 0.4) is 0 Å². The molecule has 2 aliphatic rings. The number of amides is 2. The molecule has 0 radical (unpaired) electrons. The Hall–Kier alpha value is -4.67. The Kier molecular flexibility index (Phi) is 12.2. The van der Waals surface area contributed by atoms with Crippen molar-refractivity contribution in [2.24, 2.45) is 10.9 Å². The molecular weight excluding hydrogens is 621 g/mol. The molecule has 9 nitrogen and oxygen atoms in total. The Bertz CT molecular complexity index is 1670. The third-order valence-electron chi connectivity index (χ3n) is 8.44. The largest absolute Gasteiger partial charge is 0.370 e. The van der Waals surface area contributed by atoms with Gasteiger partial charge >= 0.3 is 0 Å². The number of pyridine rings is 1. The molecule has 10 heteroatoms. The van der Waals surface area contributed by atoms with Crippen molar-refractivity contribution in [3.05, 3.63) is 125 Å². The highest BCUT2D eigenvalue weighted by Gasteiger charge is 2.24. The van der Waals surface area contributed by atoms with Gasteiger partial charge in [0.1, 0.15) is 12.0 Å². The third kappa shape index (κ3) is 9.02. The minimum Gasteiger partial charge on any atom is -0.370 e. The summed E-state index contributed by atoms with van der Waals surface area (Å²) in [5.41, 5.74) is 4.58. The van der Waals surface area contributed by atoms with Crippen molar-refractivity contribution >= 4 is 41.2 Å². The number of hydrogen-bond donors (Lipinski definition) is 3. The van der Waals surface area contributed by atoms with Gasteiger partial charge in [0, 0.05) is 60.3 Å². The molecule has 3 N–H and O–H groups in total. The molecule has 1 saturated heterocycles. The number of hydrogen-bond acceptors (Lipinski definition) is 8. The van der Waals surface area contributed by atoms with Crippen molar-refractivity contribution in [2.45, 2.75) is 51.6 Å². The smallest absolute Gasteiger partial charge is 0.258 e. The first-order valence-electron chi connectivity index (χ1n) is 16.4. The van der Waals surface area contributed by atoms with Crippen LogP contribution in [-0.2, 0) is 17.1 Å². The molecule has 250 valence electrons. The molecule has 2 aromatic carbocycles. The van der Waals surface area contributed by atoms with E-state index in [2.05, 4.69) is 39.0 Å². The molecule has 2 amide bonds. The second-order valence-electron chi connectivity index (χ2n) is 12.0. The van der Waals surface area contributed by atoms with Crippen LogP contribution in [0.1, 0.15) is 54.7 Å². The molecule has 1 aromatic heterocycles. The zero-order valence-corrected chi connectivity index (χ0v) is 28.5. The maximum Gasteiger partial charge on any atom is 0.258 e. The number of fused-ring (bicyclic) bond motifs is 1. The number of aliphatic hydroxyl groups is 1. The monoisotopic (exact) mass is 664 g/mol. The minimum atomic E-state index is -0.952. The maximum atomic E-state index is 14.0. The van der Waals surface area contributed by atoms with Gasteiger partial charge in [-0.2, -0.15) is 0 Å². The van der Waals surface area contributed by atoms with Crippen LogP contribution in [-0.4, -0.2) is 58.9 Å². The van der Waals surface area contributed by atoms with Crippen LogP contribution in [0.5, 0.6) is 0 Å². The Morgan fingerprint density at radius 1 is 1.08 bits per heavy atom. The van der Waals surface area contributed by atoms with Crippen molar-refractivity contribution < 1.29 is 14.7 Å². The average Bonchev–Trinajstić information content (AvgIpc) is 3.65. The van der Waals surface area contributed by atoms with Gasteiger partial charge in [-0.1, -0.05) is 49.9 Å². The number of likely N-dealkylation sites (tertiary alicyclic amines) is 1. The summed E-state index contributed by atoms with van der Waals surface area (Å²) < 4.78 is 0. The van der Waals surface area contributed by atoms with Crippen molar-refractivity contribution in [1.29, 1.82) is 0 Å². The zero-order chi connectivity index (χ0) is 33.9. The zero-order valence-electron chi connectivity index (χ0n) is 27.6. The number of rotatable bonds is 10. The SMILES string of the molecule is C=C/C=N\C(=C(/C)C(O)Nc1ccc(C(=O)N2CCC(C)/C=C(/C(=O)NCc3ccccn3)SCc3ccccc32)cc1)N1CCCC1. The van der Waals surface area contributed by atoms with Crippen LogP contribution in [0, 0.1) is 5.92 Å². The predicted octanol–water partition coefficient (Wildman–Crippen LogP) is 6.52. The summed E-state index contributed by atoms with van der Waals surface area (Å²) in [5.74, 6) is 1.14.